The lowest BCUT2D eigenvalue weighted by molar-refractivity contribution is -0.131. The van der Waals surface area contributed by atoms with Crippen molar-refractivity contribution >= 4 is 5.91 Å². The molecule has 1 fully saturated rings. The molecule has 0 aliphatic carbocycles. The normalized spacial score (nSPS) is 16.9. The molecule has 1 heterocycles. The summed E-state index contributed by atoms with van der Waals surface area (Å²) in [5.41, 5.74) is 3.17. The number of likely N-dealkylation sites (tertiary alicyclic amines) is 1. The Morgan fingerprint density at radius 2 is 1.74 bits per heavy atom. The van der Waals surface area contributed by atoms with E-state index in [0.29, 0.717) is 19.0 Å². The van der Waals surface area contributed by atoms with Crippen LogP contribution in [0.3, 0.4) is 0 Å². The molecule has 1 aliphatic heterocycles. The number of carbonyl (C=O) groups excluding carboxylic acids is 1. The first-order valence-corrected chi connectivity index (χ1v) is 9.43. The number of benzene rings is 2. The standard InChI is InChI=1S/C22H27FN2O2/c1-24(13-18-6-8-21(23)9-7-18)15-22(27)25-11-10-20(14-25)12-17-2-4-19(16-26)5-3-17/h2-9,20,26H,10-16H2,1H3/t20-/m0/s1. The van der Waals surface area contributed by atoms with Gasteiger partial charge >= 0.3 is 0 Å². The minimum absolute atomic E-state index is 0.0669. The molecule has 0 bridgehead atoms. The van der Waals surface area contributed by atoms with Crippen molar-refractivity contribution in [1.29, 1.82) is 0 Å². The van der Waals surface area contributed by atoms with E-state index < -0.39 is 0 Å². The fourth-order valence-electron chi connectivity index (χ4n) is 3.63. The Hall–Kier alpha value is -2.24. The zero-order valence-electron chi connectivity index (χ0n) is 15.8. The number of amides is 1. The maximum Gasteiger partial charge on any atom is 0.236 e. The van der Waals surface area contributed by atoms with Gasteiger partial charge in [0.2, 0.25) is 5.91 Å². The largest absolute Gasteiger partial charge is 0.392 e. The van der Waals surface area contributed by atoms with Crippen LogP contribution in [0.1, 0.15) is 23.1 Å². The molecular formula is C22H27FN2O2. The van der Waals surface area contributed by atoms with Gasteiger partial charge in [-0.15, -0.1) is 0 Å². The second-order valence-corrected chi connectivity index (χ2v) is 7.47. The third-order valence-corrected chi connectivity index (χ3v) is 5.14. The summed E-state index contributed by atoms with van der Waals surface area (Å²) in [5.74, 6) is 0.390. The third-order valence-electron chi connectivity index (χ3n) is 5.14. The Morgan fingerprint density at radius 1 is 1.11 bits per heavy atom. The van der Waals surface area contributed by atoms with Crippen LogP contribution in [0.15, 0.2) is 48.5 Å². The van der Waals surface area contributed by atoms with Crippen LogP contribution in [0.5, 0.6) is 0 Å². The van der Waals surface area contributed by atoms with E-state index in [2.05, 4.69) is 12.1 Å². The van der Waals surface area contributed by atoms with Crippen LogP contribution in [0.2, 0.25) is 0 Å². The van der Waals surface area contributed by atoms with Gasteiger partial charge in [0, 0.05) is 19.6 Å². The smallest absolute Gasteiger partial charge is 0.236 e. The summed E-state index contributed by atoms with van der Waals surface area (Å²) in [6, 6.07) is 14.4. The Bertz CT molecular complexity index is 746. The van der Waals surface area contributed by atoms with E-state index >= 15 is 0 Å². The molecule has 1 aliphatic rings. The molecule has 3 rings (SSSR count). The number of aliphatic hydroxyl groups excluding tert-OH is 1. The van der Waals surface area contributed by atoms with Crippen molar-refractivity contribution in [2.45, 2.75) is 26.0 Å². The first kappa shape index (κ1) is 19.5. The molecule has 0 unspecified atom stereocenters. The number of halogens is 1. The third kappa shape index (κ3) is 5.62. The second-order valence-electron chi connectivity index (χ2n) is 7.47. The summed E-state index contributed by atoms with van der Waals surface area (Å²) in [4.78, 5) is 16.5. The number of likely N-dealkylation sites (N-methyl/N-ethyl adjacent to an activating group) is 1. The fourth-order valence-corrected chi connectivity index (χ4v) is 3.63. The van der Waals surface area contributed by atoms with Gasteiger partial charge in [0.25, 0.3) is 0 Å². The molecule has 1 N–H and O–H groups in total. The van der Waals surface area contributed by atoms with Crippen molar-refractivity contribution in [3.8, 4) is 0 Å². The summed E-state index contributed by atoms with van der Waals surface area (Å²) in [5, 5.41) is 9.12. The molecule has 4 nitrogen and oxygen atoms in total. The Morgan fingerprint density at radius 3 is 2.41 bits per heavy atom. The minimum Gasteiger partial charge on any atom is -0.392 e. The van der Waals surface area contributed by atoms with Crippen LogP contribution in [-0.4, -0.2) is 47.5 Å². The zero-order chi connectivity index (χ0) is 19.2. The van der Waals surface area contributed by atoms with Crippen molar-refractivity contribution < 1.29 is 14.3 Å². The average Bonchev–Trinajstić information content (AvgIpc) is 3.13. The highest BCUT2D eigenvalue weighted by molar-refractivity contribution is 5.78. The van der Waals surface area contributed by atoms with Crippen molar-refractivity contribution in [3.63, 3.8) is 0 Å². The lowest BCUT2D eigenvalue weighted by atomic mass is 9.98. The predicted octanol–water partition coefficient (Wildman–Crippen LogP) is 2.84. The van der Waals surface area contributed by atoms with Crippen LogP contribution < -0.4 is 0 Å². The quantitative estimate of drug-likeness (QED) is 0.815. The van der Waals surface area contributed by atoms with Crippen LogP contribution in [0, 0.1) is 11.7 Å². The average molecular weight is 370 g/mol. The highest BCUT2D eigenvalue weighted by Gasteiger charge is 2.26. The Balaban J connectivity index is 1.45. The van der Waals surface area contributed by atoms with Crippen molar-refractivity contribution in [1.82, 2.24) is 9.80 Å². The van der Waals surface area contributed by atoms with E-state index in [1.54, 1.807) is 12.1 Å². The van der Waals surface area contributed by atoms with Crippen molar-refractivity contribution in [2.75, 3.05) is 26.7 Å². The summed E-state index contributed by atoms with van der Waals surface area (Å²) < 4.78 is 13.0. The monoisotopic (exact) mass is 370 g/mol. The lowest BCUT2D eigenvalue weighted by Crippen LogP contribution is -2.37. The number of aliphatic hydroxyl groups is 1. The highest BCUT2D eigenvalue weighted by Crippen LogP contribution is 2.21. The number of hydrogen-bond acceptors (Lipinski definition) is 3. The van der Waals surface area contributed by atoms with Gasteiger partial charge in [0.15, 0.2) is 0 Å². The van der Waals surface area contributed by atoms with Gasteiger partial charge in [-0.3, -0.25) is 9.69 Å². The van der Waals surface area contributed by atoms with E-state index in [1.165, 1.54) is 17.7 Å². The summed E-state index contributed by atoms with van der Waals surface area (Å²) in [7, 11) is 1.91. The van der Waals surface area contributed by atoms with E-state index in [4.69, 9.17) is 5.11 Å². The number of carbonyl (C=O) groups is 1. The first-order chi connectivity index (χ1) is 13.0. The Labute approximate surface area is 160 Å². The maximum atomic E-state index is 13.0. The van der Waals surface area contributed by atoms with Gasteiger partial charge in [-0.25, -0.2) is 4.39 Å². The minimum atomic E-state index is -0.244. The molecule has 1 amide bonds. The van der Waals surface area contributed by atoms with E-state index in [-0.39, 0.29) is 18.3 Å². The molecule has 144 valence electrons. The summed E-state index contributed by atoms with van der Waals surface area (Å²) >= 11 is 0. The van der Waals surface area contributed by atoms with Gasteiger partial charge in [0.1, 0.15) is 5.82 Å². The lowest BCUT2D eigenvalue weighted by Gasteiger charge is -2.22. The predicted molar refractivity (Wildman–Crippen MR) is 103 cm³/mol. The van der Waals surface area contributed by atoms with Gasteiger partial charge in [-0.05, 0) is 54.6 Å². The molecule has 0 radical (unpaired) electrons. The van der Waals surface area contributed by atoms with Crippen LogP contribution in [0.25, 0.3) is 0 Å². The first-order valence-electron chi connectivity index (χ1n) is 9.43. The summed E-state index contributed by atoms with van der Waals surface area (Å²) in [6.45, 7) is 2.67. The van der Waals surface area contributed by atoms with Gasteiger partial charge in [-0.1, -0.05) is 36.4 Å². The molecule has 2 aromatic rings. The molecule has 1 saturated heterocycles. The highest BCUT2D eigenvalue weighted by atomic mass is 19.1. The molecule has 1 atom stereocenters. The van der Waals surface area contributed by atoms with E-state index in [0.717, 1.165) is 37.1 Å². The molecule has 2 aromatic carbocycles. The van der Waals surface area contributed by atoms with Crippen LogP contribution in [0.4, 0.5) is 4.39 Å². The number of hydrogen-bond donors (Lipinski definition) is 1. The number of nitrogens with zero attached hydrogens (tertiary/aromatic N) is 2. The molecule has 0 saturated carbocycles. The zero-order valence-corrected chi connectivity index (χ0v) is 15.8. The number of rotatable bonds is 7. The van der Waals surface area contributed by atoms with E-state index in [9.17, 15) is 9.18 Å². The summed E-state index contributed by atoms with van der Waals surface area (Å²) in [6.07, 6.45) is 1.98. The van der Waals surface area contributed by atoms with Crippen LogP contribution >= 0.6 is 0 Å². The SMILES string of the molecule is CN(CC(=O)N1CC[C@@H](Cc2ccc(CO)cc2)C1)Cc1ccc(F)cc1. The van der Waals surface area contributed by atoms with Gasteiger partial charge in [-0.2, -0.15) is 0 Å². The molecular weight excluding hydrogens is 343 g/mol. The second kappa shape index (κ2) is 9.11. The molecule has 5 heteroatoms. The van der Waals surface area contributed by atoms with Gasteiger partial charge < -0.3 is 10.0 Å². The van der Waals surface area contributed by atoms with Crippen LogP contribution in [-0.2, 0) is 24.4 Å². The fraction of sp³-hybridized carbons (Fsp3) is 0.409. The van der Waals surface area contributed by atoms with Crippen molar-refractivity contribution in [3.05, 3.63) is 71.0 Å². The molecule has 27 heavy (non-hydrogen) atoms. The van der Waals surface area contributed by atoms with E-state index in [1.807, 2.05) is 29.0 Å². The van der Waals surface area contributed by atoms with Gasteiger partial charge in [0.05, 0.1) is 13.2 Å². The topological polar surface area (TPSA) is 43.8 Å². The molecule has 0 aromatic heterocycles. The maximum absolute atomic E-state index is 13.0. The van der Waals surface area contributed by atoms with Crippen molar-refractivity contribution in [2.24, 2.45) is 5.92 Å². The molecule has 0 spiro atoms. The Kier molecular flexibility index (Phi) is 6.58.